The van der Waals surface area contributed by atoms with Gasteiger partial charge in [-0.15, -0.1) is 0 Å². The minimum absolute atomic E-state index is 0.202. The van der Waals surface area contributed by atoms with Crippen molar-refractivity contribution >= 4 is 53.8 Å². The van der Waals surface area contributed by atoms with E-state index in [1.54, 1.807) is 50.6 Å². The molecular weight excluding hydrogens is 1660 g/mol. The van der Waals surface area contributed by atoms with Gasteiger partial charge in [-0.3, -0.25) is 64.5 Å². The second kappa shape index (κ2) is 38.9. The Morgan fingerprint density at radius 1 is 0.402 bits per heavy atom. The Balaban J connectivity index is 0.000000107. The fourth-order valence-corrected chi connectivity index (χ4v) is 17.9. The van der Waals surface area contributed by atoms with E-state index in [1.807, 2.05) is 129 Å². The van der Waals surface area contributed by atoms with Gasteiger partial charge in [0.25, 0.3) is 0 Å². The molecule has 19 nitrogen and oxygen atoms in total. The molecule has 132 heavy (non-hydrogen) atoms. The first kappa shape index (κ1) is 86.0. The maximum absolute atomic E-state index is 13.7. The molecule has 0 spiro atoms. The number of aliphatic imine (C=N–C) groups is 3. The highest BCUT2D eigenvalue weighted by Gasteiger charge is 2.24. The Morgan fingerprint density at radius 2 is 0.864 bits per heavy atom. The molecule has 22 heteroatoms. The zero-order valence-corrected chi connectivity index (χ0v) is 73.7. The van der Waals surface area contributed by atoms with Gasteiger partial charge < -0.3 is 9.79 Å². The fourth-order valence-electron chi connectivity index (χ4n) is 17.6. The van der Waals surface area contributed by atoms with Crippen molar-refractivity contribution in [3.63, 3.8) is 0 Å². The predicted molar refractivity (Wildman–Crippen MR) is 521 cm³/mol. The van der Waals surface area contributed by atoms with Crippen LogP contribution in [0.25, 0.3) is 150 Å². The van der Waals surface area contributed by atoms with Crippen LogP contribution in [0.4, 0.5) is 8.78 Å². The Bertz CT molecular complexity index is 7550. The molecule has 0 unspecified atom stereocenters. The molecule has 0 atom stereocenters. The number of nitrogens with one attached hydrogen (secondary N) is 1. The van der Waals surface area contributed by atoms with Crippen molar-refractivity contribution in [1.82, 2.24) is 59.8 Å². The summed E-state index contributed by atoms with van der Waals surface area (Å²) in [6, 6.07) is 83.0. The summed E-state index contributed by atoms with van der Waals surface area (Å²) in [7, 11) is -4.58. The third kappa shape index (κ3) is 19.5. The summed E-state index contributed by atoms with van der Waals surface area (Å²) >= 11 is 0. The van der Waals surface area contributed by atoms with Crippen LogP contribution in [0.15, 0.2) is 332 Å². The molecular formula is C110H90F2N15O4P. The third-order valence-electron chi connectivity index (χ3n) is 24.3. The average molecular weight is 1760 g/mol. The summed E-state index contributed by atoms with van der Waals surface area (Å²) in [5.74, 6) is 0.241. The number of phosphoric ester groups is 1. The molecule has 0 radical (unpaired) electrons. The Hall–Kier alpha value is -15.4. The second-order valence-corrected chi connectivity index (χ2v) is 34.4. The number of phosphoric acid groups is 1. The molecule has 13 heterocycles. The number of benzene rings is 8. The van der Waals surface area contributed by atoms with E-state index in [1.165, 1.54) is 95.2 Å². The topological polar surface area (TPSA) is 253 Å². The number of allylic oxidation sites excluding steroid dienone is 2. The molecule has 10 aromatic heterocycles. The van der Waals surface area contributed by atoms with Crippen LogP contribution in [0.2, 0.25) is 0 Å². The highest BCUT2D eigenvalue weighted by Crippen LogP contribution is 2.43. The first-order valence-electron chi connectivity index (χ1n) is 44.0. The van der Waals surface area contributed by atoms with E-state index < -0.39 is 7.82 Å². The van der Waals surface area contributed by atoms with Crippen molar-refractivity contribution in [2.45, 2.75) is 98.0 Å². The minimum Gasteiger partial charge on any atom is -0.303 e. The van der Waals surface area contributed by atoms with E-state index in [9.17, 15) is 13.3 Å². The fraction of sp³-hybridized carbons (Fsp3) is 0.136. The monoisotopic (exact) mass is 1750 g/mol. The van der Waals surface area contributed by atoms with Crippen molar-refractivity contribution in [2.75, 3.05) is 0 Å². The summed E-state index contributed by atoms with van der Waals surface area (Å²) in [6.07, 6.45) is 35.4. The number of pyridine rings is 8. The maximum Gasteiger partial charge on any atom is 0.471 e. The summed E-state index contributed by atoms with van der Waals surface area (Å²) in [6.45, 7) is 7.25. The first-order valence-corrected chi connectivity index (χ1v) is 45.5. The second-order valence-electron chi connectivity index (χ2n) is 33.2. The van der Waals surface area contributed by atoms with Crippen LogP contribution in [0, 0.1) is 32.4 Å². The number of fused-ring (bicyclic) bond motifs is 5. The van der Waals surface area contributed by atoms with Crippen LogP contribution in [0.3, 0.4) is 0 Å². The minimum atomic E-state index is -4.58. The molecule has 0 bridgehead atoms. The van der Waals surface area contributed by atoms with E-state index in [4.69, 9.17) is 24.7 Å². The van der Waals surface area contributed by atoms with Gasteiger partial charge in [-0.1, -0.05) is 140 Å². The van der Waals surface area contributed by atoms with Gasteiger partial charge in [0, 0.05) is 174 Å². The highest BCUT2D eigenvalue weighted by atomic mass is 31.2. The molecule has 1 fully saturated rings. The first-order chi connectivity index (χ1) is 64.6. The van der Waals surface area contributed by atoms with Crippen molar-refractivity contribution in [3.05, 3.63) is 390 Å². The number of H-pyrrole nitrogens is 1. The smallest absolute Gasteiger partial charge is 0.303 e. The van der Waals surface area contributed by atoms with Crippen LogP contribution in [-0.2, 0) is 35.5 Å². The van der Waals surface area contributed by atoms with Crippen molar-refractivity contribution in [3.8, 4) is 123 Å². The molecule has 3 aliphatic heterocycles. The number of aromatic nitrogens is 12. The van der Waals surface area contributed by atoms with E-state index in [0.717, 1.165) is 162 Å². The molecule has 2 aliphatic carbocycles. The average Bonchev–Trinajstić information content (AvgIpc) is 1.05. The molecule has 1 saturated carbocycles. The van der Waals surface area contributed by atoms with E-state index in [2.05, 4.69) is 224 Å². The van der Waals surface area contributed by atoms with Gasteiger partial charge in [-0.05, 0) is 242 Å². The van der Waals surface area contributed by atoms with Crippen molar-refractivity contribution in [1.29, 1.82) is 0 Å². The van der Waals surface area contributed by atoms with Gasteiger partial charge in [0.05, 0.1) is 82.4 Å². The Kier molecular flexibility index (Phi) is 25.3. The number of aryl methyl sites for hydroxylation is 3. The number of hydrogen-bond donors (Lipinski definition) is 3. The van der Waals surface area contributed by atoms with Gasteiger partial charge in [0.2, 0.25) is 0 Å². The maximum atomic E-state index is 13.7. The van der Waals surface area contributed by atoms with Gasteiger partial charge in [-0.2, -0.15) is 10.2 Å². The van der Waals surface area contributed by atoms with Crippen LogP contribution in [-0.4, -0.2) is 88.3 Å². The lowest BCUT2D eigenvalue weighted by atomic mass is 9.93. The number of halogens is 2. The van der Waals surface area contributed by atoms with E-state index in [-0.39, 0.29) is 18.4 Å². The predicted octanol–water partition coefficient (Wildman–Crippen LogP) is 25.4. The van der Waals surface area contributed by atoms with Crippen molar-refractivity contribution < 1.29 is 27.7 Å². The van der Waals surface area contributed by atoms with Gasteiger partial charge in [0.15, 0.2) is 6.73 Å². The summed E-state index contributed by atoms with van der Waals surface area (Å²) in [4.78, 5) is 67.6. The molecule has 648 valence electrons. The van der Waals surface area contributed by atoms with Crippen LogP contribution in [0.1, 0.15) is 112 Å². The number of rotatable bonds is 16. The highest BCUT2D eigenvalue weighted by molar-refractivity contribution is 7.46. The Labute approximate surface area is 762 Å². The molecule has 18 aromatic rings. The SMILES string of the molecule is C1=NCc2ncc(-c3cccnc3-c3cccc(-c4ccccc4)c3)cc21.C1=NCc2ncc(-c3cccnc3-c3cccc(C4=CCCC4)c3)cc21.C1=NCc2ncc(-c3cccnc3-c3cccc(C4CCCC4)c3)cc21.Cc1cc(-c2ncccc2-c2cc3cn[nH]c3cc2C)ccc1F.Cc1cc(-c2ncccc2-c2ccc3nn(COP(=O)(O)O)cc3c2)ccc1F. The molecule has 5 aliphatic rings. The van der Waals surface area contributed by atoms with Gasteiger partial charge in [-0.25, -0.2) is 18.0 Å². The van der Waals surface area contributed by atoms with E-state index >= 15 is 0 Å². The molecule has 0 amide bonds. The third-order valence-corrected chi connectivity index (χ3v) is 24.8. The van der Waals surface area contributed by atoms with Crippen molar-refractivity contribution in [2.24, 2.45) is 15.0 Å². The number of aromatic amines is 1. The molecule has 3 N–H and O–H groups in total. The van der Waals surface area contributed by atoms with Crippen LogP contribution < -0.4 is 0 Å². The zero-order valence-electron chi connectivity index (χ0n) is 72.8. The normalized spacial score (nSPS) is 13.3. The number of nitrogens with zero attached hydrogens (tertiary/aromatic N) is 14. The summed E-state index contributed by atoms with van der Waals surface area (Å²) in [5, 5.41) is 13.2. The molecule has 8 aromatic carbocycles. The van der Waals surface area contributed by atoms with E-state index in [0.29, 0.717) is 42.2 Å². The van der Waals surface area contributed by atoms with Gasteiger partial charge in [0.1, 0.15) is 11.6 Å². The Morgan fingerprint density at radius 3 is 1.38 bits per heavy atom. The van der Waals surface area contributed by atoms with Crippen LogP contribution >= 0.6 is 7.82 Å². The molecule has 23 rings (SSSR count). The van der Waals surface area contributed by atoms with Crippen LogP contribution in [0.5, 0.6) is 0 Å². The quantitative estimate of drug-likeness (QED) is 0.0761. The lowest BCUT2D eigenvalue weighted by Gasteiger charge is -2.13. The number of hydrogen-bond acceptors (Lipinski definition) is 15. The zero-order chi connectivity index (χ0) is 90.0. The lowest BCUT2D eigenvalue weighted by molar-refractivity contribution is 0.146. The summed E-state index contributed by atoms with van der Waals surface area (Å²) < 4.78 is 44.0. The molecule has 0 saturated heterocycles. The lowest BCUT2D eigenvalue weighted by Crippen LogP contribution is -2.01. The standard InChI is InChI=1S/C24H17N3.C23H21N3.C23H19N3.C20H17FN3O4P.C20H16FN3/c1-2-6-17(7-3-1)18-8-4-9-19(12-18)24-22(10-5-11-26-24)20-13-21-14-25-16-23(21)27-15-20;2*1-2-6-16(5-1)17-7-3-8-18(11-17)23-21(9-4-10-25-23)19-12-20-13-24-15-22(20)26-14-19;1-13-9-15(4-6-18(13)21)20-17(3-2-8-22-20)14-5-7-19-16(10-14)11-24(23-19)12-28-29(25,26)27;1-12-9-19-15(11-23-24-19)10-17(12)16-4-3-7-22-20(16)14-5-6-18(21)13(2)8-14/h1-15H,16H2;3-4,7-14,16H,1-2,5-6,15H2;3-5,7-14H,1-2,6,15H2;2-11H,12H2,1H3,(H2,25,26,27);3-11H,1-2H3,(H,23,24). The van der Waals surface area contributed by atoms with Gasteiger partial charge >= 0.3 is 7.82 Å². The largest absolute Gasteiger partial charge is 0.471 e. The summed E-state index contributed by atoms with van der Waals surface area (Å²) in [5.41, 5.74) is 37.3.